The molecule has 0 radical (unpaired) electrons. The molecule has 0 aliphatic heterocycles. The predicted molar refractivity (Wildman–Crippen MR) is 79.3 cm³/mol. The van der Waals surface area contributed by atoms with Crippen molar-refractivity contribution >= 4 is 11.5 Å². The fraction of sp³-hybridized carbons (Fsp3) is 0.125. The second kappa shape index (κ2) is 5.40. The minimum Gasteiger partial charge on any atom is -0.508 e. The number of carboxylic acids is 1. The molecule has 0 unspecified atom stereocenters. The summed E-state index contributed by atoms with van der Waals surface area (Å²) in [7, 11) is 0. The molecule has 0 amide bonds. The quantitative estimate of drug-likeness (QED) is 0.773. The molecule has 0 saturated heterocycles. The third-order valence-electron chi connectivity index (χ3n) is 3.26. The van der Waals surface area contributed by atoms with Gasteiger partial charge in [-0.25, -0.2) is 9.78 Å². The van der Waals surface area contributed by atoms with Crippen molar-refractivity contribution in [2.24, 2.45) is 0 Å². The summed E-state index contributed by atoms with van der Waals surface area (Å²) in [5.41, 5.74) is 1.29. The Morgan fingerprint density at radius 2 is 2.14 bits per heavy atom. The number of aromatic hydroxyl groups is 1. The summed E-state index contributed by atoms with van der Waals surface area (Å²) < 4.78 is 7.26. The third kappa shape index (κ3) is 2.58. The zero-order valence-electron chi connectivity index (χ0n) is 11.9. The van der Waals surface area contributed by atoms with E-state index in [1.807, 2.05) is 31.2 Å². The lowest BCUT2D eigenvalue weighted by molar-refractivity contribution is 0.0693. The van der Waals surface area contributed by atoms with E-state index in [-0.39, 0.29) is 18.1 Å². The number of fused-ring (bicyclic) bond motifs is 1. The van der Waals surface area contributed by atoms with Crippen molar-refractivity contribution in [3.8, 4) is 11.5 Å². The zero-order chi connectivity index (χ0) is 15.7. The first-order chi connectivity index (χ1) is 10.5. The Balaban J connectivity index is 1.95. The highest BCUT2D eigenvalue weighted by molar-refractivity contribution is 5.94. The van der Waals surface area contributed by atoms with Gasteiger partial charge in [0.2, 0.25) is 0 Å². The van der Waals surface area contributed by atoms with Crippen LogP contribution in [0.2, 0.25) is 0 Å². The number of carbonyl (C=O) groups is 1. The highest BCUT2D eigenvalue weighted by Gasteiger charge is 2.17. The van der Waals surface area contributed by atoms with Crippen LogP contribution in [0.5, 0.6) is 11.5 Å². The highest BCUT2D eigenvalue weighted by Crippen LogP contribution is 2.20. The van der Waals surface area contributed by atoms with Gasteiger partial charge in [0.25, 0.3) is 0 Å². The minimum absolute atomic E-state index is 0.0129. The van der Waals surface area contributed by atoms with Gasteiger partial charge < -0.3 is 14.9 Å². The van der Waals surface area contributed by atoms with Gasteiger partial charge in [-0.3, -0.25) is 4.40 Å². The van der Waals surface area contributed by atoms with Crippen LogP contribution in [0, 0.1) is 6.92 Å². The van der Waals surface area contributed by atoms with E-state index in [0.717, 1.165) is 5.56 Å². The first-order valence-electron chi connectivity index (χ1n) is 6.67. The Morgan fingerprint density at radius 3 is 2.86 bits per heavy atom. The molecule has 6 nitrogen and oxygen atoms in total. The lowest BCUT2D eigenvalue weighted by atomic mass is 10.2. The molecule has 22 heavy (non-hydrogen) atoms. The number of pyridine rings is 1. The summed E-state index contributed by atoms with van der Waals surface area (Å²) in [5.74, 6) is -0.0210. The van der Waals surface area contributed by atoms with E-state index >= 15 is 0 Å². The summed E-state index contributed by atoms with van der Waals surface area (Å²) in [6.07, 6.45) is 1.57. The summed E-state index contributed by atoms with van der Waals surface area (Å²) in [6.45, 7) is 2.09. The zero-order valence-corrected chi connectivity index (χ0v) is 11.9. The number of benzene rings is 1. The van der Waals surface area contributed by atoms with Crippen molar-refractivity contribution < 1.29 is 19.7 Å². The topological polar surface area (TPSA) is 84.1 Å². The first kappa shape index (κ1) is 13.9. The third-order valence-corrected chi connectivity index (χ3v) is 3.26. The van der Waals surface area contributed by atoms with Gasteiger partial charge in [-0.1, -0.05) is 12.1 Å². The van der Waals surface area contributed by atoms with Crippen LogP contribution in [0.15, 0.2) is 42.6 Å². The van der Waals surface area contributed by atoms with Gasteiger partial charge in [0, 0.05) is 12.3 Å². The number of aromatic carboxylic acids is 1. The van der Waals surface area contributed by atoms with Crippen molar-refractivity contribution in [3.63, 3.8) is 0 Å². The van der Waals surface area contributed by atoms with E-state index in [9.17, 15) is 15.0 Å². The van der Waals surface area contributed by atoms with Crippen molar-refractivity contribution in [1.29, 1.82) is 0 Å². The Bertz CT molecular complexity index is 854. The van der Waals surface area contributed by atoms with Gasteiger partial charge in [0.05, 0.1) is 5.52 Å². The Kier molecular flexibility index (Phi) is 3.42. The van der Waals surface area contributed by atoms with E-state index in [2.05, 4.69) is 4.98 Å². The molecule has 2 aromatic heterocycles. The second-order valence-corrected chi connectivity index (χ2v) is 4.93. The number of nitrogens with zero attached hydrogens (tertiary/aromatic N) is 2. The first-order valence-corrected chi connectivity index (χ1v) is 6.67. The summed E-state index contributed by atoms with van der Waals surface area (Å²) >= 11 is 0. The fourth-order valence-corrected chi connectivity index (χ4v) is 2.25. The summed E-state index contributed by atoms with van der Waals surface area (Å²) in [5, 5.41) is 18.7. The lowest BCUT2D eigenvalue weighted by Gasteiger charge is -2.06. The maximum atomic E-state index is 11.3. The average Bonchev–Trinajstić information content (AvgIpc) is 2.83. The van der Waals surface area contributed by atoms with Crippen LogP contribution in [0.25, 0.3) is 5.52 Å². The molecule has 0 aliphatic rings. The molecular formula is C16H14N2O4. The SMILES string of the molecule is Cc1cccc(OCc2nc(C(=O)O)c3cc(O)ccn23)c1. The van der Waals surface area contributed by atoms with E-state index in [1.165, 1.54) is 12.1 Å². The van der Waals surface area contributed by atoms with Crippen LogP contribution in [0.3, 0.4) is 0 Å². The number of rotatable bonds is 4. The Morgan fingerprint density at radius 1 is 1.32 bits per heavy atom. The molecule has 3 rings (SSSR count). The molecule has 112 valence electrons. The molecule has 3 aromatic rings. The van der Waals surface area contributed by atoms with Crippen molar-refractivity contribution in [2.75, 3.05) is 0 Å². The molecule has 0 spiro atoms. The number of hydrogen-bond donors (Lipinski definition) is 2. The molecule has 6 heteroatoms. The lowest BCUT2D eigenvalue weighted by Crippen LogP contribution is -2.01. The van der Waals surface area contributed by atoms with E-state index in [4.69, 9.17) is 4.74 Å². The molecule has 0 fully saturated rings. The summed E-state index contributed by atoms with van der Waals surface area (Å²) in [6, 6.07) is 10.4. The molecule has 0 bridgehead atoms. The number of hydrogen-bond acceptors (Lipinski definition) is 4. The fourth-order valence-electron chi connectivity index (χ4n) is 2.25. The molecule has 2 N–H and O–H groups in total. The molecule has 0 aliphatic carbocycles. The maximum absolute atomic E-state index is 11.3. The van der Waals surface area contributed by atoms with Crippen LogP contribution in [0.4, 0.5) is 0 Å². The second-order valence-electron chi connectivity index (χ2n) is 4.93. The van der Waals surface area contributed by atoms with Crippen molar-refractivity contribution in [2.45, 2.75) is 13.5 Å². The Hall–Kier alpha value is -3.02. The van der Waals surface area contributed by atoms with E-state index in [0.29, 0.717) is 17.1 Å². The molecule has 1 aromatic carbocycles. The van der Waals surface area contributed by atoms with Crippen molar-refractivity contribution in [1.82, 2.24) is 9.38 Å². The van der Waals surface area contributed by atoms with Gasteiger partial charge in [-0.05, 0) is 30.7 Å². The monoisotopic (exact) mass is 298 g/mol. The highest BCUT2D eigenvalue weighted by atomic mass is 16.5. The number of aryl methyl sites for hydroxylation is 1. The minimum atomic E-state index is -1.15. The van der Waals surface area contributed by atoms with Crippen LogP contribution in [-0.2, 0) is 6.61 Å². The Labute approximate surface area is 126 Å². The maximum Gasteiger partial charge on any atom is 0.356 e. The molecular weight excluding hydrogens is 284 g/mol. The van der Waals surface area contributed by atoms with Crippen LogP contribution < -0.4 is 4.74 Å². The van der Waals surface area contributed by atoms with Gasteiger partial charge in [0.15, 0.2) is 11.5 Å². The molecule has 0 saturated carbocycles. The van der Waals surface area contributed by atoms with Gasteiger partial charge >= 0.3 is 5.97 Å². The number of carboxylic acid groups (broad SMARTS) is 1. The van der Waals surface area contributed by atoms with E-state index < -0.39 is 5.97 Å². The standard InChI is InChI=1S/C16H14N2O4/c1-10-3-2-4-12(7-10)22-9-14-17-15(16(20)21)13-8-11(19)5-6-18(13)14/h2-8,19H,9H2,1H3,(H,20,21). The van der Waals surface area contributed by atoms with Crippen LogP contribution in [-0.4, -0.2) is 25.6 Å². The van der Waals surface area contributed by atoms with Gasteiger partial charge in [0.1, 0.15) is 18.1 Å². The predicted octanol–water partition coefficient (Wildman–Crippen LogP) is 2.63. The molecule has 2 heterocycles. The normalized spacial score (nSPS) is 10.8. The average molecular weight is 298 g/mol. The number of imidazole rings is 1. The van der Waals surface area contributed by atoms with Gasteiger partial charge in [-0.15, -0.1) is 0 Å². The van der Waals surface area contributed by atoms with Gasteiger partial charge in [-0.2, -0.15) is 0 Å². The van der Waals surface area contributed by atoms with Crippen LogP contribution in [0.1, 0.15) is 21.9 Å². The van der Waals surface area contributed by atoms with Crippen LogP contribution >= 0.6 is 0 Å². The number of aromatic nitrogens is 2. The largest absolute Gasteiger partial charge is 0.508 e. The molecule has 0 atom stereocenters. The summed E-state index contributed by atoms with van der Waals surface area (Å²) in [4.78, 5) is 15.4. The van der Waals surface area contributed by atoms with E-state index in [1.54, 1.807) is 10.6 Å². The number of ether oxygens (including phenoxy) is 1. The van der Waals surface area contributed by atoms with Crippen molar-refractivity contribution in [3.05, 3.63) is 59.7 Å². The smallest absolute Gasteiger partial charge is 0.356 e.